The number of nitrogens with zero attached hydrogens (tertiary/aromatic N) is 1. The van der Waals surface area contributed by atoms with Crippen LogP contribution in [0, 0.1) is 11.3 Å². The Morgan fingerprint density at radius 3 is 2.45 bits per heavy atom. The second-order valence-electron chi connectivity index (χ2n) is 15.3. The molecule has 0 unspecified atom stereocenters. The van der Waals surface area contributed by atoms with E-state index in [1.54, 1.807) is 11.3 Å². The number of hydrogen-bond acceptors (Lipinski definition) is 9. The van der Waals surface area contributed by atoms with Crippen LogP contribution in [-0.2, 0) is 40.5 Å². The molecule has 0 radical (unpaired) electrons. The van der Waals surface area contributed by atoms with E-state index in [2.05, 4.69) is 21.9 Å². The third-order valence-corrected chi connectivity index (χ3v) is 13.0. The van der Waals surface area contributed by atoms with Gasteiger partial charge in [0.15, 0.2) is 0 Å². The van der Waals surface area contributed by atoms with Crippen molar-refractivity contribution in [2.45, 2.75) is 114 Å². The topological polar surface area (TPSA) is 160 Å². The Hall–Kier alpha value is -3.75. The number of rotatable bonds is 13. The number of carbonyl (C=O) groups is 4. The van der Waals surface area contributed by atoms with Gasteiger partial charge >= 0.3 is 6.09 Å². The summed E-state index contributed by atoms with van der Waals surface area (Å²) in [5.41, 5.74) is -0.279. The first kappa shape index (κ1) is 37.0. The molecule has 12 nitrogen and oxygen atoms in total. The lowest BCUT2D eigenvalue weighted by atomic mass is 9.85. The summed E-state index contributed by atoms with van der Waals surface area (Å²) in [7, 11) is -3.87. The average Bonchev–Trinajstić information content (AvgIpc) is 3.82. The van der Waals surface area contributed by atoms with Crippen molar-refractivity contribution in [2.75, 3.05) is 6.54 Å². The van der Waals surface area contributed by atoms with Gasteiger partial charge in [0.05, 0.1) is 18.0 Å². The zero-order valence-electron chi connectivity index (χ0n) is 29.4. The predicted octanol–water partition coefficient (Wildman–Crippen LogP) is 4.65. The number of nitrogens with one attached hydrogen (secondary N) is 3. The molecule has 3 aliphatic carbocycles. The number of amides is 4. The van der Waals surface area contributed by atoms with E-state index in [0.29, 0.717) is 12.8 Å². The highest BCUT2D eigenvalue weighted by Crippen LogP contribution is 2.45. The fourth-order valence-electron chi connectivity index (χ4n) is 7.02. The summed E-state index contributed by atoms with van der Waals surface area (Å²) in [6.07, 6.45) is 4.83. The van der Waals surface area contributed by atoms with Crippen LogP contribution in [0.5, 0.6) is 0 Å². The van der Waals surface area contributed by atoms with Gasteiger partial charge in [-0.3, -0.25) is 19.1 Å². The van der Waals surface area contributed by atoms with Crippen LogP contribution < -0.4 is 15.4 Å². The summed E-state index contributed by atoms with van der Waals surface area (Å²) >= 11 is 1.64. The Morgan fingerprint density at radius 2 is 1.82 bits per heavy atom. The monoisotopic (exact) mass is 740 g/mol. The number of ether oxygens (including phenoxy) is 2. The highest BCUT2D eigenvalue weighted by Gasteiger charge is 2.62. The van der Waals surface area contributed by atoms with E-state index in [9.17, 15) is 27.6 Å². The summed E-state index contributed by atoms with van der Waals surface area (Å²) in [6.45, 7) is 9.54. The molecule has 1 aromatic heterocycles. The van der Waals surface area contributed by atoms with E-state index in [-0.39, 0.29) is 32.1 Å². The molecular weight excluding hydrogens is 693 g/mol. The van der Waals surface area contributed by atoms with Crippen molar-refractivity contribution >= 4 is 45.2 Å². The SMILES string of the molecule is C=C[C@@H]1C[C@@]1(NC(=O)[C@@H]1C[C@@H](OCc2cccc(-c3cccs3)c2)CN1C(=O)[C@@H](NC(=O)OC1CCCC1)C(C)(C)C)C(=O)NS(=O)(=O)C1CC1. The van der Waals surface area contributed by atoms with E-state index in [1.165, 1.54) is 11.0 Å². The van der Waals surface area contributed by atoms with Crippen molar-refractivity contribution in [1.29, 1.82) is 0 Å². The number of carbonyl (C=O) groups excluding carboxylic acids is 4. The molecule has 51 heavy (non-hydrogen) atoms. The Labute approximate surface area is 303 Å². The molecule has 1 saturated heterocycles. The molecule has 276 valence electrons. The molecule has 1 aliphatic heterocycles. The highest BCUT2D eigenvalue weighted by molar-refractivity contribution is 7.91. The van der Waals surface area contributed by atoms with Gasteiger partial charge in [-0.2, -0.15) is 0 Å². The van der Waals surface area contributed by atoms with Gasteiger partial charge in [0.1, 0.15) is 23.7 Å². The maximum absolute atomic E-state index is 14.4. The van der Waals surface area contributed by atoms with Crippen molar-refractivity contribution in [3.05, 3.63) is 60.0 Å². The summed E-state index contributed by atoms with van der Waals surface area (Å²) in [6, 6.07) is 9.92. The molecule has 4 amide bonds. The molecule has 3 saturated carbocycles. The molecule has 4 fully saturated rings. The van der Waals surface area contributed by atoms with Crippen LogP contribution in [0.2, 0.25) is 0 Å². The molecule has 3 N–H and O–H groups in total. The van der Waals surface area contributed by atoms with Crippen LogP contribution in [0.3, 0.4) is 0 Å². The van der Waals surface area contributed by atoms with E-state index < -0.39 is 74.1 Å². The normalized spacial score (nSPS) is 25.5. The fourth-order valence-corrected chi connectivity index (χ4v) is 9.11. The highest BCUT2D eigenvalue weighted by atomic mass is 32.2. The van der Waals surface area contributed by atoms with Crippen LogP contribution in [0.15, 0.2) is 54.4 Å². The minimum absolute atomic E-state index is 0.0631. The lowest BCUT2D eigenvalue weighted by Crippen LogP contribution is -2.60. The van der Waals surface area contributed by atoms with Crippen molar-refractivity contribution in [1.82, 2.24) is 20.3 Å². The first-order valence-corrected chi connectivity index (χ1v) is 20.2. The van der Waals surface area contributed by atoms with Crippen molar-refractivity contribution in [3.8, 4) is 10.4 Å². The van der Waals surface area contributed by atoms with E-state index in [4.69, 9.17) is 9.47 Å². The summed E-state index contributed by atoms with van der Waals surface area (Å²) in [5.74, 6) is -2.40. The third-order valence-electron chi connectivity index (χ3n) is 10.3. The summed E-state index contributed by atoms with van der Waals surface area (Å²) in [5, 5.41) is 6.99. The molecule has 14 heteroatoms. The number of thiophene rings is 1. The quantitative estimate of drug-likeness (QED) is 0.250. The zero-order valence-corrected chi connectivity index (χ0v) is 31.0. The molecule has 0 bridgehead atoms. The second kappa shape index (κ2) is 14.7. The fraction of sp³-hybridized carbons (Fsp3) is 0.568. The Morgan fingerprint density at radius 1 is 1.08 bits per heavy atom. The van der Waals surface area contributed by atoms with Gasteiger partial charge in [-0.15, -0.1) is 17.9 Å². The van der Waals surface area contributed by atoms with Gasteiger partial charge < -0.3 is 25.0 Å². The number of sulfonamides is 1. The average molecular weight is 741 g/mol. The van der Waals surface area contributed by atoms with Crippen LogP contribution in [-0.4, -0.2) is 78.8 Å². The molecule has 5 atom stereocenters. The zero-order chi connectivity index (χ0) is 36.6. The number of hydrogen-bond donors (Lipinski definition) is 3. The van der Waals surface area contributed by atoms with Gasteiger partial charge in [-0.1, -0.05) is 51.1 Å². The Balaban J connectivity index is 1.21. The van der Waals surface area contributed by atoms with Crippen molar-refractivity contribution < 1.29 is 37.1 Å². The number of likely N-dealkylation sites (tertiary alicyclic amines) is 1. The van der Waals surface area contributed by atoms with Crippen molar-refractivity contribution in [3.63, 3.8) is 0 Å². The summed E-state index contributed by atoms with van der Waals surface area (Å²) < 4.78 is 39.4. The molecule has 2 heterocycles. The van der Waals surface area contributed by atoms with Gasteiger partial charge in [0.2, 0.25) is 21.8 Å². The number of alkyl carbamates (subject to hydrolysis) is 1. The maximum atomic E-state index is 14.4. The van der Waals surface area contributed by atoms with E-state index >= 15 is 0 Å². The Kier molecular flexibility index (Phi) is 10.7. The van der Waals surface area contributed by atoms with Gasteiger partial charge in [-0.25, -0.2) is 13.2 Å². The van der Waals surface area contributed by atoms with Crippen LogP contribution in [0.4, 0.5) is 4.79 Å². The minimum Gasteiger partial charge on any atom is -0.446 e. The van der Waals surface area contributed by atoms with Crippen LogP contribution in [0.25, 0.3) is 10.4 Å². The first-order valence-electron chi connectivity index (χ1n) is 17.7. The lowest BCUT2D eigenvalue weighted by Gasteiger charge is -2.35. The molecule has 2 aromatic rings. The predicted molar refractivity (Wildman–Crippen MR) is 193 cm³/mol. The van der Waals surface area contributed by atoms with Gasteiger partial charge in [0, 0.05) is 23.8 Å². The van der Waals surface area contributed by atoms with E-state index in [1.807, 2.05) is 62.5 Å². The lowest BCUT2D eigenvalue weighted by molar-refractivity contribution is -0.143. The molecule has 6 rings (SSSR count). The van der Waals surface area contributed by atoms with Crippen LogP contribution >= 0.6 is 11.3 Å². The second-order valence-corrected chi connectivity index (χ2v) is 18.2. The largest absolute Gasteiger partial charge is 0.446 e. The minimum atomic E-state index is -3.87. The first-order chi connectivity index (χ1) is 24.2. The van der Waals surface area contributed by atoms with Crippen molar-refractivity contribution in [2.24, 2.45) is 11.3 Å². The molecule has 1 aromatic carbocycles. The smallest absolute Gasteiger partial charge is 0.408 e. The Bertz CT molecular complexity index is 1750. The third kappa shape index (κ3) is 8.49. The number of benzene rings is 1. The van der Waals surface area contributed by atoms with Gasteiger partial charge in [-0.05, 0) is 79.0 Å². The van der Waals surface area contributed by atoms with E-state index in [0.717, 1.165) is 41.7 Å². The maximum Gasteiger partial charge on any atom is 0.408 e. The molecule has 4 aliphatic rings. The van der Waals surface area contributed by atoms with Gasteiger partial charge in [0.25, 0.3) is 5.91 Å². The molecular formula is C37H48N4O8S2. The summed E-state index contributed by atoms with van der Waals surface area (Å²) in [4.78, 5) is 57.6. The standard InChI is InChI=1S/C37H48N4O8S2/c1-5-25-20-37(25,34(44)40-51(46,47)28-15-16-28)39-32(42)29-19-27(48-22-23-10-8-11-24(18-23)30-14-9-17-50-30)21-41(29)33(43)31(36(2,3)4)38-35(45)49-26-12-6-7-13-26/h5,8-11,14,17-18,25-29,31H,1,6-7,12-13,15-16,19-22H2,2-4H3,(H,38,45)(H,39,42)(H,40,44)/t25-,27-,29+,31-,37+/m1/s1. The van der Waals surface area contributed by atoms with Crippen LogP contribution in [0.1, 0.15) is 77.7 Å². The molecule has 0 spiro atoms.